The van der Waals surface area contributed by atoms with Gasteiger partial charge in [-0.3, -0.25) is 0 Å². The van der Waals surface area contributed by atoms with Crippen LogP contribution in [0.25, 0.3) is 0 Å². The van der Waals surface area contributed by atoms with Crippen molar-refractivity contribution in [2.24, 2.45) is 0 Å². The highest BCUT2D eigenvalue weighted by Gasteiger charge is 2.08. The van der Waals surface area contributed by atoms with Gasteiger partial charge in [0.25, 0.3) is 0 Å². The van der Waals surface area contributed by atoms with Gasteiger partial charge in [-0.05, 0) is 30.7 Å². The average Bonchev–Trinajstić information content (AvgIpc) is 2.08. The van der Waals surface area contributed by atoms with E-state index in [1.54, 1.807) is 6.07 Å². The summed E-state index contributed by atoms with van der Waals surface area (Å²) in [6.07, 6.45) is 0. The molecular formula is C9H9BrFO. The molecule has 1 aromatic carbocycles. The summed E-state index contributed by atoms with van der Waals surface area (Å²) in [5.41, 5.74) is 0.692. The first kappa shape index (κ1) is 9.68. The Bertz CT molecular complexity index is 275. The van der Waals surface area contributed by atoms with Crippen LogP contribution in [0, 0.1) is 12.7 Å². The second-order valence-corrected chi connectivity index (χ2v) is 3.40. The molecule has 0 fully saturated rings. The van der Waals surface area contributed by atoms with Gasteiger partial charge in [0.1, 0.15) is 5.82 Å². The number of halogens is 2. The largest absolute Gasteiger partial charge is 0.396 e. The average molecular weight is 232 g/mol. The van der Waals surface area contributed by atoms with Crippen molar-refractivity contribution in [3.63, 3.8) is 0 Å². The second kappa shape index (κ2) is 4.01. The minimum Gasteiger partial charge on any atom is -0.396 e. The highest BCUT2D eigenvalue weighted by Crippen LogP contribution is 2.24. The lowest BCUT2D eigenvalue weighted by Crippen LogP contribution is -2.00. The van der Waals surface area contributed by atoms with E-state index in [0.29, 0.717) is 5.56 Å². The van der Waals surface area contributed by atoms with Gasteiger partial charge in [0.2, 0.25) is 0 Å². The molecule has 1 nitrogen and oxygen atoms in total. The van der Waals surface area contributed by atoms with Crippen LogP contribution in [-0.4, -0.2) is 11.7 Å². The van der Waals surface area contributed by atoms with Crippen LogP contribution < -0.4 is 0 Å². The summed E-state index contributed by atoms with van der Waals surface area (Å²) >= 11 is 3.25. The molecule has 0 amide bonds. The van der Waals surface area contributed by atoms with Gasteiger partial charge < -0.3 is 5.11 Å². The lowest BCUT2D eigenvalue weighted by Gasteiger charge is -2.09. The third-order valence-electron chi connectivity index (χ3n) is 1.62. The van der Waals surface area contributed by atoms with E-state index in [1.807, 2.05) is 0 Å². The van der Waals surface area contributed by atoms with E-state index in [1.165, 1.54) is 12.1 Å². The summed E-state index contributed by atoms with van der Waals surface area (Å²) in [5, 5.41) is 8.80. The van der Waals surface area contributed by atoms with Crippen LogP contribution in [0.5, 0.6) is 0 Å². The van der Waals surface area contributed by atoms with Crippen molar-refractivity contribution in [3.8, 4) is 0 Å². The van der Waals surface area contributed by atoms with Crippen molar-refractivity contribution in [2.75, 3.05) is 6.61 Å². The highest BCUT2D eigenvalue weighted by atomic mass is 79.9. The molecule has 1 rings (SSSR count). The topological polar surface area (TPSA) is 20.2 Å². The molecule has 0 saturated heterocycles. The molecule has 12 heavy (non-hydrogen) atoms. The minimum atomic E-state index is -0.310. The van der Waals surface area contributed by atoms with Crippen LogP contribution in [0.2, 0.25) is 0 Å². The summed E-state index contributed by atoms with van der Waals surface area (Å²) in [6, 6.07) is 4.34. The zero-order chi connectivity index (χ0) is 9.14. The summed E-state index contributed by atoms with van der Waals surface area (Å²) < 4.78 is 13.5. The van der Waals surface area contributed by atoms with Crippen molar-refractivity contribution >= 4 is 15.9 Å². The maximum Gasteiger partial charge on any atom is 0.123 e. The van der Waals surface area contributed by atoms with Crippen molar-refractivity contribution in [1.29, 1.82) is 0 Å². The molecule has 1 aromatic rings. The number of aliphatic hydroxyl groups excluding tert-OH is 1. The Morgan fingerprint density at radius 1 is 1.58 bits per heavy atom. The van der Waals surface area contributed by atoms with Gasteiger partial charge in [0.15, 0.2) is 0 Å². The number of benzene rings is 1. The zero-order valence-corrected chi connectivity index (χ0v) is 8.01. The van der Waals surface area contributed by atoms with E-state index < -0.39 is 0 Å². The van der Waals surface area contributed by atoms with Gasteiger partial charge in [0.05, 0.1) is 0 Å². The Balaban J connectivity index is 3.04. The Hall–Kier alpha value is -0.410. The number of rotatable bonds is 2. The van der Waals surface area contributed by atoms with Crippen LogP contribution in [0.15, 0.2) is 22.7 Å². The molecule has 0 saturated carbocycles. The molecule has 0 aliphatic heterocycles. The molecule has 1 atom stereocenters. The first-order chi connectivity index (χ1) is 5.65. The fraction of sp³-hybridized carbons (Fsp3) is 0.222. The van der Waals surface area contributed by atoms with Crippen LogP contribution >= 0.6 is 15.9 Å². The lowest BCUT2D eigenvalue weighted by molar-refractivity contribution is 0.282. The van der Waals surface area contributed by atoms with Crippen LogP contribution in [0.4, 0.5) is 4.39 Å². The summed E-state index contributed by atoms with van der Waals surface area (Å²) in [4.78, 5) is 0. The Labute approximate surface area is 79.4 Å². The lowest BCUT2D eigenvalue weighted by atomic mass is 10.0. The van der Waals surface area contributed by atoms with E-state index in [9.17, 15) is 4.39 Å². The van der Waals surface area contributed by atoms with Crippen molar-refractivity contribution in [2.45, 2.75) is 5.92 Å². The predicted octanol–water partition coefficient (Wildman–Crippen LogP) is 2.50. The van der Waals surface area contributed by atoms with E-state index in [4.69, 9.17) is 5.11 Å². The van der Waals surface area contributed by atoms with Crippen molar-refractivity contribution < 1.29 is 9.50 Å². The minimum absolute atomic E-state index is 0.0813. The van der Waals surface area contributed by atoms with Gasteiger partial charge in [-0.15, -0.1) is 0 Å². The van der Waals surface area contributed by atoms with E-state index >= 15 is 0 Å². The Morgan fingerprint density at radius 3 is 2.83 bits per heavy atom. The van der Waals surface area contributed by atoms with Gasteiger partial charge in [-0.25, -0.2) is 4.39 Å². The van der Waals surface area contributed by atoms with Gasteiger partial charge in [-0.2, -0.15) is 0 Å². The first-order valence-corrected chi connectivity index (χ1v) is 4.33. The van der Waals surface area contributed by atoms with Crippen LogP contribution in [0.3, 0.4) is 0 Å². The fourth-order valence-corrected chi connectivity index (χ4v) is 1.50. The monoisotopic (exact) mass is 231 g/mol. The molecule has 0 heterocycles. The molecule has 0 aromatic heterocycles. The van der Waals surface area contributed by atoms with Crippen LogP contribution in [-0.2, 0) is 0 Å². The van der Waals surface area contributed by atoms with Gasteiger partial charge in [-0.1, -0.05) is 15.9 Å². The van der Waals surface area contributed by atoms with Gasteiger partial charge in [0, 0.05) is 17.0 Å². The molecule has 0 aliphatic rings. The SMILES string of the molecule is [CH2]C(CO)c1cc(F)ccc1Br. The maximum absolute atomic E-state index is 12.7. The molecule has 0 spiro atoms. The third-order valence-corrected chi connectivity index (χ3v) is 2.34. The Morgan fingerprint density at radius 2 is 2.25 bits per heavy atom. The van der Waals surface area contributed by atoms with Crippen LogP contribution in [0.1, 0.15) is 11.5 Å². The Kier molecular flexibility index (Phi) is 3.23. The molecule has 1 radical (unpaired) electrons. The van der Waals surface area contributed by atoms with Gasteiger partial charge >= 0.3 is 0 Å². The highest BCUT2D eigenvalue weighted by molar-refractivity contribution is 9.10. The molecule has 3 heteroatoms. The predicted molar refractivity (Wildman–Crippen MR) is 49.3 cm³/mol. The number of hydrogen-bond acceptors (Lipinski definition) is 1. The summed E-state index contributed by atoms with van der Waals surface area (Å²) in [7, 11) is 0. The quantitative estimate of drug-likeness (QED) is 0.830. The smallest absolute Gasteiger partial charge is 0.123 e. The van der Waals surface area contributed by atoms with Crippen molar-refractivity contribution in [3.05, 3.63) is 41.0 Å². The zero-order valence-electron chi connectivity index (χ0n) is 6.43. The van der Waals surface area contributed by atoms with E-state index in [-0.39, 0.29) is 18.3 Å². The molecule has 0 bridgehead atoms. The third kappa shape index (κ3) is 2.05. The maximum atomic E-state index is 12.7. The molecule has 0 aliphatic carbocycles. The van der Waals surface area contributed by atoms with E-state index in [0.717, 1.165) is 4.47 Å². The normalized spacial score (nSPS) is 13.0. The number of aliphatic hydroxyl groups is 1. The van der Waals surface area contributed by atoms with E-state index in [2.05, 4.69) is 22.9 Å². The molecular weight excluding hydrogens is 223 g/mol. The molecule has 65 valence electrons. The fourth-order valence-electron chi connectivity index (χ4n) is 0.926. The molecule has 1 N–H and O–H groups in total. The molecule has 1 unspecified atom stereocenters. The first-order valence-electron chi connectivity index (χ1n) is 3.54. The summed E-state index contributed by atoms with van der Waals surface area (Å²) in [5.74, 6) is -0.592. The summed E-state index contributed by atoms with van der Waals surface area (Å²) in [6.45, 7) is 3.60. The standard InChI is InChI=1S/C9H9BrFO/c1-6(5-12)8-4-7(11)2-3-9(8)10/h2-4,6,12H,1,5H2. The second-order valence-electron chi connectivity index (χ2n) is 2.55. The van der Waals surface area contributed by atoms with Crippen molar-refractivity contribution in [1.82, 2.24) is 0 Å². The number of hydrogen-bond donors (Lipinski definition) is 1.